The van der Waals surface area contributed by atoms with Gasteiger partial charge in [0.05, 0.1) is 67.4 Å². The van der Waals surface area contributed by atoms with Gasteiger partial charge in [0.25, 0.3) is 0 Å². The van der Waals surface area contributed by atoms with Gasteiger partial charge < -0.3 is 48.2 Å². The second kappa shape index (κ2) is 49.9. The lowest BCUT2D eigenvalue weighted by atomic mass is 9.80. The number of ether oxygens (including phenoxy) is 5. The summed E-state index contributed by atoms with van der Waals surface area (Å²) in [6.07, 6.45) is 32.3. The van der Waals surface area contributed by atoms with Crippen LogP contribution in [0.5, 0.6) is 28.7 Å². The third-order valence-electron chi connectivity index (χ3n) is 23.3. The highest BCUT2D eigenvalue weighted by Gasteiger charge is 2.30. The number of rotatable bonds is 33. The van der Waals surface area contributed by atoms with Crippen LogP contribution in [0.4, 0.5) is 0 Å². The van der Waals surface area contributed by atoms with Crippen LogP contribution < -0.4 is 23.7 Å². The molecule has 590 valence electrons. The highest BCUT2D eigenvalue weighted by molar-refractivity contribution is 6.01. The topological polar surface area (TPSA) is 161 Å². The lowest BCUT2D eigenvalue weighted by molar-refractivity contribution is 0.0849. The fraction of sp³-hybridized carbons (Fsp3) is 0.624. The molecule has 108 heavy (non-hydrogen) atoms. The van der Waals surface area contributed by atoms with Crippen LogP contribution in [0.25, 0.3) is 0 Å². The molecular formula is C93H135N7O8. The minimum Gasteiger partial charge on any atom is -0.494 e. The average molecular weight is 1480 g/mol. The number of piperidine rings is 5. The number of carbonyl (C=O) groups excluding carboxylic acids is 3. The Bertz CT molecular complexity index is 3310. The maximum Gasteiger partial charge on any atom is 0.169 e. The summed E-state index contributed by atoms with van der Waals surface area (Å²) in [4.78, 5) is 49.5. The van der Waals surface area contributed by atoms with Crippen molar-refractivity contribution < 1.29 is 38.1 Å². The van der Waals surface area contributed by atoms with E-state index >= 15 is 0 Å². The van der Waals surface area contributed by atoms with Gasteiger partial charge in [0.2, 0.25) is 0 Å². The van der Waals surface area contributed by atoms with Crippen LogP contribution in [0, 0.1) is 52.3 Å². The van der Waals surface area contributed by atoms with Crippen molar-refractivity contribution in [1.29, 1.82) is 10.5 Å². The predicted octanol–water partition coefficient (Wildman–Crippen LogP) is 19.7. The van der Waals surface area contributed by atoms with Crippen LogP contribution in [0.3, 0.4) is 0 Å². The molecule has 0 bridgehead atoms. The van der Waals surface area contributed by atoms with Gasteiger partial charge in [0.15, 0.2) is 17.3 Å². The first kappa shape index (κ1) is 86.5. The SMILES string of the molecule is CCC(=O)c1ccc(OCCCN2CCCC(C)C2)cc1.CCC1CCC(C)N(CCCOc2ccc(C#N)cc2)C1.CCC1CCC(C)N(CCCOc2ccc(C#N)cc2)C1.O=C(c1ccccc1OCCCN1CCCCC1)C1CCC1.O=C(c1ccccc1OCCCN1CCCCC1)C1CCCC1. The van der Waals surface area contributed by atoms with Gasteiger partial charge in [0.1, 0.15) is 28.7 Å². The normalized spacial score (nSPS) is 20.8. The van der Waals surface area contributed by atoms with Crippen molar-refractivity contribution in [2.45, 2.75) is 227 Å². The van der Waals surface area contributed by atoms with E-state index in [-0.39, 0.29) is 29.2 Å². The van der Waals surface area contributed by atoms with Crippen LogP contribution in [0.2, 0.25) is 0 Å². The molecule has 15 heteroatoms. The molecule has 7 aliphatic rings. The van der Waals surface area contributed by atoms with Crippen molar-refractivity contribution in [2.75, 3.05) is 118 Å². The third kappa shape index (κ3) is 31.0. The molecule has 0 aromatic heterocycles. The van der Waals surface area contributed by atoms with E-state index in [1.807, 2.05) is 104 Å². The van der Waals surface area contributed by atoms with Crippen LogP contribution >= 0.6 is 0 Å². The number of ketones is 3. The Labute approximate surface area is 651 Å². The van der Waals surface area contributed by atoms with Crippen molar-refractivity contribution in [2.24, 2.45) is 29.6 Å². The van der Waals surface area contributed by atoms with Crippen LogP contribution in [0.1, 0.15) is 257 Å². The molecule has 15 nitrogen and oxygen atoms in total. The predicted molar refractivity (Wildman–Crippen MR) is 438 cm³/mol. The third-order valence-corrected chi connectivity index (χ3v) is 23.3. The van der Waals surface area contributed by atoms with Crippen molar-refractivity contribution in [3.8, 4) is 40.9 Å². The summed E-state index contributed by atoms with van der Waals surface area (Å²) in [6.45, 7) is 32.6. The Hall–Kier alpha value is -7.11. The lowest BCUT2D eigenvalue weighted by Crippen LogP contribution is -2.42. The van der Waals surface area contributed by atoms with Crippen molar-refractivity contribution >= 4 is 17.3 Å². The maximum atomic E-state index is 12.7. The zero-order valence-electron chi connectivity index (χ0n) is 67.3. The van der Waals surface area contributed by atoms with E-state index in [1.54, 1.807) is 24.3 Å². The zero-order chi connectivity index (χ0) is 76.3. The molecule has 2 aliphatic carbocycles. The highest BCUT2D eigenvalue weighted by atomic mass is 16.5. The number of hydrogen-bond donors (Lipinski definition) is 0. The number of benzene rings is 5. The molecule has 0 spiro atoms. The average Bonchev–Trinajstić information content (AvgIpc) is 1.01. The molecule has 0 radical (unpaired) electrons. The lowest BCUT2D eigenvalue weighted by Gasteiger charge is -2.37. The van der Waals surface area contributed by atoms with Crippen LogP contribution in [-0.2, 0) is 0 Å². The van der Waals surface area contributed by atoms with Gasteiger partial charge >= 0.3 is 0 Å². The number of para-hydroxylation sites is 2. The van der Waals surface area contributed by atoms with E-state index in [0.717, 1.165) is 174 Å². The Morgan fingerprint density at radius 1 is 0.389 bits per heavy atom. The molecule has 0 amide bonds. The number of Topliss-reactive ketones (excluding diaryl/α,β-unsaturated/α-hetero) is 3. The van der Waals surface area contributed by atoms with E-state index in [9.17, 15) is 14.4 Å². The largest absolute Gasteiger partial charge is 0.494 e. The summed E-state index contributed by atoms with van der Waals surface area (Å²) in [5.74, 6) is 7.90. The first-order valence-electron chi connectivity index (χ1n) is 42.5. The monoisotopic (exact) mass is 1480 g/mol. The second-order valence-corrected chi connectivity index (χ2v) is 31.7. The summed E-state index contributed by atoms with van der Waals surface area (Å²) in [5, 5.41) is 17.5. The van der Waals surface area contributed by atoms with Crippen LogP contribution in [0.15, 0.2) is 121 Å². The standard InChI is InChI=1S/C20H29NO2.C19H27NO2.2C18H26N2O.C18H27NO2/c22-20(17-9-2-3-10-17)18-11-4-5-12-19(18)23-16-8-15-21-13-6-1-7-14-21;21-19(16-8-6-9-16)17-10-2-3-11-18(17)22-15-7-14-20-12-4-1-5-13-20;2*1-3-16-6-5-15(2)20(14-16)11-4-12-21-18-9-7-17(13-19)8-10-18;1-3-18(20)16-7-9-17(10-8-16)21-13-5-12-19-11-4-6-15(2)14-19/h4-5,11-12,17H,1-3,6-10,13-16H2;2-3,10-11,16H,1,4-9,12-15H2;2*7-10,15-16H,3-6,11-12,14H2,1-2H3;7-10,15H,3-6,11-14H2,1-2H3. The molecule has 5 atom stereocenters. The minimum atomic E-state index is 0.181. The van der Waals surface area contributed by atoms with Gasteiger partial charge in [-0.05, 0) is 283 Å². The number of likely N-dealkylation sites (tertiary alicyclic amines) is 5. The highest BCUT2D eigenvalue weighted by Crippen LogP contribution is 2.34. The molecule has 0 N–H and O–H groups in total. The molecule has 5 unspecified atom stereocenters. The van der Waals surface area contributed by atoms with Gasteiger partial charge in [0, 0.05) is 88.3 Å². The smallest absolute Gasteiger partial charge is 0.169 e. The molecule has 5 saturated heterocycles. The van der Waals surface area contributed by atoms with E-state index in [1.165, 1.54) is 162 Å². The number of nitriles is 2. The second-order valence-electron chi connectivity index (χ2n) is 31.7. The maximum absolute atomic E-state index is 12.7. The Morgan fingerprint density at radius 3 is 1.16 bits per heavy atom. The van der Waals surface area contributed by atoms with Crippen molar-refractivity contribution in [1.82, 2.24) is 24.5 Å². The summed E-state index contributed by atoms with van der Waals surface area (Å²) >= 11 is 0. The molecule has 2 saturated carbocycles. The Balaban J connectivity index is 0.000000170. The first-order chi connectivity index (χ1) is 52.8. The van der Waals surface area contributed by atoms with E-state index in [2.05, 4.69) is 71.3 Å². The van der Waals surface area contributed by atoms with E-state index in [4.69, 9.17) is 34.2 Å². The Morgan fingerprint density at radius 2 is 0.769 bits per heavy atom. The number of hydrogen-bond acceptors (Lipinski definition) is 15. The summed E-state index contributed by atoms with van der Waals surface area (Å²) in [5.41, 5.74) is 3.69. The fourth-order valence-electron chi connectivity index (χ4n) is 16.1. The first-order valence-corrected chi connectivity index (χ1v) is 42.5. The molecule has 5 aromatic carbocycles. The van der Waals surface area contributed by atoms with Gasteiger partial charge in [-0.2, -0.15) is 10.5 Å². The molecule has 5 aliphatic heterocycles. The summed E-state index contributed by atoms with van der Waals surface area (Å²) < 4.78 is 29.1. The molecule has 12 rings (SSSR count). The van der Waals surface area contributed by atoms with Gasteiger partial charge in [-0.15, -0.1) is 0 Å². The molecule has 5 heterocycles. The van der Waals surface area contributed by atoms with E-state index < -0.39 is 0 Å². The van der Waals surface area contributed by atoms with Gasteiger partial charge in [-0.3, -0.25) is 14.4 Å². The van der Waals surface area contributed by atoms with E-state index in [0.29, 0.717) is 42.8 Å². The number of carbonyl (C=O) groups is 3. The Kier molecular flexibility index (Phi) is 40.0. The van der Waals surface area contributed by atoms with Crippen molar-refractivity contribution in [3.05, 3.63) is 149 Å². The zero-order valence-corrected chi connectivity index (χ0v) is 67.3. The van der Waals surface area contributed by atoms with Gasteiger partial charge in [-0.25, -0.2) is 0 Å². The molecule has 5 aromatic rings. The van der Waals surface area contributed by atoms with Crippen LogP contribution in [-0.4, -0.2) is 172 Å². The number of nitrogens with zero attached hydrogens (tertiary/aromatic N) is 7. The quantitative estimate of drug-likeness (QED) is 0.0288. The molecule has 7 fully saturated rings. The van der Waals surface area contributed by atoms with Gasteiger partial charge in [-0.1, -0.05) is 96.9 Å². The minimum absolute atomic E-state index is 0.181. The fourth-order valence-corrected chi connectivity index (χ4v) is 16.1. The van der Waals surface area contributed by atoms with Crippen molar-refractivity contribution in [3.63, 3.8) is 0 Å². The summed E-state index contributed by atoms with van der Waals surface area (Å²) in [7, 11) is 0. The molecular weight excluding hydrogens is 1340 g/mol. The summed E-state index contributed by atoms with van der Waals surface area (Å²) in [6, 6.07) is 43.4.